The second-order valence-electron chi connectivity index (χ2n) is 7.04. The molecule has 11 heteroatoms. The molecule has 0 aromatic carbocycles. The molecule has 31 heavy (non-hydrogen) atoms. The lowest BCUT2D eigenvalue weighted by Crippen LogP contribution is -2.28. The first-order valence-electron chi connectivity index (χ1n) is 9.45. The molecule has 0 spiro atoms. The van der Waals surface area contributed by atoms with Crippen LogP contribution in [-0.2, 0) is 5.60 Å². The van der Waals surface area contributed by atoms with Crippen LogP contribution in [0, 0.1) is 0 Å². The van der Waals surface area contributed by atoms with Gasteiger partial charge in [0.2, 0.25) is 0 Å². The fourth-order valence-electron chi connectivity index (χ4n) is 3.27. The molecule has 1 aliphatic rings. The molecule has 0 amide bonds. The summed E-state index contributed by atoms with van der Waals surface area (Å²) < 4.78 is 31.5. The Morgan fingerprint density at radius 3 is 2.81 bits per heavy atom. The summed E-state index contributed by atoms with van der Waals surface area (Å²) in [5, 5.41) is 14.3. The second kappa shape index (κ2) is 8.77. The van der Waals surface area contributed by atoms with E-state index in [1.165, 1.54) is 19.5 Å². The van der Waals surface area contributed by atoms with Crippen LogP contribution in [0.2, 0.25) is 0 Å². The average molecular weight is 447 g/mol. The van der Waals surface area contributed by atoms with Crippen molar-refractivity contribution in [3.8, 4) is 5.75 Å². The van der Waals surface area contributed by atoms with Gasteiger partial charge in [0, 0.05) is 18.3 Å². The molecule has 4 rings (SSSR count). The normalized spacial score (nSPS) is 18.6. The summed E-state index contributed by atoms with van der Waals surface area (Å²) in [6, 6.07) is 4.83. The number of β-amino-alcohol motifs (C(OH)–C–C–N with tert-alkyl or cyclic N) is 1. The van der Waals surface area contributed by atoms with Gasteiger partial charge in [-0.05, 0) is 25.1 Å². The molecule has 0 aliphatic carbocycles. The van der Waals surface area contributed by atoms with E-state index in [9.17, 15) is 18.7 Å². The maximum Gasteiger partial charge on any atom is 0.297 e. The van der Waals surface area contributed by atoms with Crippen LogP contribution < -0.4 is 10.1 Å². The van der Waals surface area contributed by atoms with Gasteiger partial charge < -0.3 is 15.2 Å². The van der Waals surface area contributed by atoms with Crippen LogP contribution in [0.25, 0.3) is 11.0 Å². The number of halogens is 2. The third-order valence-electron chi connectivity index (χ3n) is 5.00. The van der Waals surface area contributed by atoms with Crippen LogP contribution in [0.1, 0.15) is 34.7 Å². The molecule has 2 N–H and O–H groups in total. The van der Waals surface area contributed by atoms with Gasteiger partial charge in [-0.25, -0.2) is 23.7 Å². The van der Waals surface area contributed by atoms with Gasteiger partial charge in [-0.15, -0.1) is 0 Å². The van der Waals surface area contributed by atoms with Crippen LogP contribution in [0.4, 0.5) is 8.78 Å². The number of aliphatic hydroxyl groups is 1. The zero-order chi connectivity index (χ0) is 22.0. The van der Waals surface area contributed by atoms with E-state index < -0.39 is 17.9 Å². The molecule has 1 aliphatic heterocycles. The number of rotatable bonds is 7. The van der Waals surface area contributed by atoms with Crippen LogP contribution in [-0.4, -0.2) is 56.8 Å². The fourth-order valence-corrected chi connectivity index (χ4v) is 4.15. The number of nitrogens with zero attached hydrogens (tertiary/aromatic N) is 4. The van der Waals surface area contributed by atoms with Crippen LogP contribution >= 0.6 is 11.8 Å². The molecule has 1 fully saturated rings. The monoisotopic (exact) mass is 447 g/mol. The Hall–Kier alpha value is -2.76. The number of methoxy groups -OCH3 is 1. The molecule has 1 unspecified atom stereocenters. The van der Waals surface area contributed by atoms with Crippen LogP contribution in [0.5, 0.6) is 5.75 Å². The molecule has 1 atom stereocenters. The number of Topliss-reactive ketones (excluding diaryl/α,β-unsaturated/α-hetero) is 1. The van der Waals surface area contributed by atoms with Crippen molar-refractivity contribution < 1.29 is 23.4 Å². The Balaban J connectivity index is 1.54. The molecule has 3 aromatic rings. The summed E-state index contributed by atoms with van der Waals surface area (Å²) in [6.07, 6.45) is 0.578. The lowest BCUT2D eigenvalue weighted by molar-refractivity contribution is 0.0583. The molecule has 4 heterocycles. The third-order valence-corrected chi connectivity index (χ3v) is 5.99. The van der Waals surface area contributed by atoms with Gasteiger partial charge in [-0.2, -0.15) is 0 Å². The Morgan fingerprint density at radius 2 is 2.16 bits per heavy atom. The number of hydrogen-bond acceptors (Lipinski definition) is 9. The van der Waals surface area contributed by atoms with Crippen LogP contribution in [0.3, 0.4) is 0 Å². The topological polar surface area (TPSA) is 110 Å². The highest BCUT2D eigenvalue weighted by Gasteiger charge is 2.33. The highest BCUT2D eigenvalue weighted by atomic mass is 32.2. The molecule has 0 radical (unpaired) electrons. The molecular formula is C20H19F2N5O3S. The van der Waals surface area contributed by atoms with Gasteiger partial charge in [-0.1, -0.05) is 17.8 Å². The predicted octanol–water partition coefficient (Wildman–Crippen LogP) is 2.52. The minimum atomic E-state index is -2.87. The summed E-state index contributed by atoms with van der Waals surface area (Å²) in [6.45, 7) is 1.14. The van der Waals surface area contributed by atoms with Crippen molar-refractivity contribution in [3.63, 3.8) is 0 Å². The van der Waals surface area contributed by atoms with E-state index in [2.05, 4.69) is 25.3 Å². The van der Waals surface area contributed by atoms with E-state index in [1.807, 2.05) is 0 Å². The van der Waals surface area contributed by atoms with E-state index in [0.717, 1.165) is 11.8 Å². The number of pyridine rings is 2. The Kier molecular flexibility index (Phi) is 6.08. The van der Waals surface area contributed by atoms with Gasteiger partial charge in [0.15, 0.2) is 17.3 Å². The van der Waals surface area contributed by atoms with E-state index in [1.54, 1.807) is 18.2 Å². The number of carbonyl (C=O) groups is 1. The smallest absolute Gasteiger partial charge is 0.297 e. The summed E-state index contributed by atoms with van der Waals surface area (Å²) in [5.74, 6) is -0.592. The number of ketones is 1. The Labute approximate surface area is 180 Å². The SMILES string of the molecule is COc1cnc2nc(C(F)F)nc(SCC(=O)c3ccc(C4(O)CCNC4)cn3)c2c1. The van der Waals surface area contributed by atoms with Crippen molar-refractivity contribution in [1.82, 2.24) is 25.3 Å². The molecule has 0 saturated carbocycles. The minimum Gasteiger partial charge on any atom is -0.495 e. The van der Waals surface area contributed by atoms with Crippen molar-refractivity contribution >= 4 is 28.6 Å². The van der Waals surface area contributed by atoms with Crippen LogP contribution in [0.15, 0.2) is 35.6 Å². The summed E-state index contributed by atoms with van der Waals surface area (Å²) in [4.78, 5) is 28.5. The lowest BCUT2D eigenvalue weighted by Gasteiger charge is -2.21. The predicted molar refractivity (Wildman–Crippen MR) is 110 cm³/mol. The zero-order valence-corrected chi connectivity index (χ0v) is 17.3. The number of ether oxygens (including phenoxy) is 1. The number of nitrogens with one attached hydrogen (secondary N) is 1. The van der Waals surface area contributed by atoms with E-state index in [4.69, 9.17) is 4.74 Å². The van der Waals surface area contributed by atoms with E-state index >= 15 is 0 Å². The Bertz CT molecular complexity index is 1110. The number of aromatic nitrogens is 4. The summed E-state index contributed by atoms with van der Waals surface area (Å²) >= 11 is 1.00. The first-order valence-corrected chi connectivity index (χ1v) is 10.4. The quantitative estimate of drug-likeness (QED) is 0.321. The second-order valence-corrected chi connectivity index (χ2v) is 8.00. The summed E-state index contributed by atoms with van der Waals surface area (Å²) in [5.41, 5.74) is -0.0276. The fraction of sp³-hybridized carbons (Fsp3) is 0.350. The van der Waals surface area contributed by atoms with Gasteiger partial charge in [0.25, 0.3) is 6.43 Å². The number of fused-ring (bicyclic) bond motifs is 1. The molecule has 0 bridgehead atoms. The molecule has 162 valence electrons. The third kappa shape index (κ3) is 4.48. The van der Waals surface area contributed by atoms with Gasteiger partial charge in [-0.3, -0.25) is 9.78 Å². The number of thioether (sulfide) groups is 1. The molecular weight excluding hydrogens is 428 g/mol. The first kappa shape index (κ1) is 21.5. The average Bonchev–Trinajstić information content (AvgIpc) is 3.24. The number of hydrogen-bond donors (Lipinski definition) is 2. The summed E-state index contributed by atoms with van der Waals surface area (Å²) in [7, 11) is 1.46. The highest BCUT2D eigenvalue weighted by Crippen LogP contribution is 2.30. The van der Waals surface area contributed by atoms with Crippen molar-refractivity contribution in [2.75, 3.05) is 26.0 Å². The minimum absolute atomic E-state index is 0.0653. The lowest BCUT2D eigenvalue weighted by atomic mass is 9.94. The highest BCUT2D eigenvalue weighted by molar-refractivity contribution is 8.00. The van der Waals surface area contributed by atoms with E-state index in [0.29, 0.717) is 36.2 Å². The van der Waals surface area contributed by atoms with Crippen molar-refractivity contribution in [1.29, 1.82) is 0 Å². The van der Waals surface area contributed by atoms with Crippen molar-refractivity contribution in [3.05, 3.63) is 47.7 Å². The van der Waals surface area contributed by atoms with Crippen molar-refractivity contribution in [2.24, 2.45) is 0 Å². The molecule has 1 saturated heterocycles. The number of alkyl halides is 2. The zero-order valence-electron chi connectivity index (χ0n) is 16.5. The Morgan fingerprint density at radius 1 is 1.32 bits per heavy atom. The maximum atomic E-state index is 13.2. The van der Waals surface area contributed by atoms with Gasteiger partial charge in [0.1, 0.15) is 22.1 Å². The standard InChI is InChI=1S/C20H19F2N5O3S/c1-30-12-6-13-17(25-8-12)26-18(16(21)22)27-19(13)31-9-15(28)14-3-2-11(7-24-14)20(29)4-5-23-10-20/h2-3,6-8,16,23,29H,4-5,9-10H2,1H3. The van der Waals surface area contributed by atoms with E-state index in [-0.39, 0.29) is 27.9 Å². The maximum absolute atomic E-state index is 13.2. The molecule has 8 nitrogen and oxygen atoms in total. The van der Waals surface area contributed by atoms with Crippen molar-refractivity contribution in [2.45, 2.75) is 23.5 Å². The van der Waals surface area contributed by atoms with Gasteiger partial charge in [0.05, 0.1) is 24.4 Å². The molecule has 3 aromatic heterocycles. The first-order chi connectivity index (χ1) is 14.9. The van der Waals surface area contributed by atoms with Gasteiger partial charge >= 0.3 is 0 Å². The largest absolute Gasteiger partial charge is 0.495 e. The number of carbonyl (C=O) groups excluding carboxylic acids is 1.